The number of aromatic amines is 1. The third kappa shape index (κ3) is 4.01. The Morgan fingerprint density at radius 3 is 2.34 bits per heavy atom. The number of H-pyrrole nitrogens is 1. The van der Waals surface area contributed by atoms with E-state index in [1.165, 1.54) is 0 Å². The maximum atomic E-state index is 12.4. The van der Waals surface area contributed by atoms with Gasteiger partial charge < -0.3 is 5.11 Å². The lowest BCUT2D eigenvalue weighted by atomic mass is 10.0. The molecule has 29 heavy (non-hydrogen) atoms. The highest BCUT2D eigenvalue weighted by Crippen LogP contribution is 2.23. The van der Waals surface area contributed by atoms with Crippen LogP contribution in [0.4, 0.5) is 0 Å². The molecule has 8 nitrogen and oxygen atoms in total. The summed E-state index contributed by atoms with van der Waals surface area (Å²) in [5.41, 5.74) is 3.82. The SMILES string of the molecule is Cc1cc(C)c(-n2c(O)c(/C=N/NC(=O)c3ccccc3)c(=O)[nH]c2=O)c(C)c1. The Bertz CT molecular complexity index is 1200. The van der Waals surface area contributed by atoms with Crippen molar-refractivity contribution in [1.29, 1.82) is 0 Å². The highest BCUT2D eigenvalue weighted by molar-refractivity contribution is 5.95. The van der Waals surface area contributed by atoms with E-state index in [4.69, 9.17) is 0 Å². The molecule has 2 aromatic carbocycles. The van der Waals surface area contributed by atoms with Crippen LogP contribution in [0.2, 0.25) is 0 Å². The van der Waals surface area contributed by atoms with Gasteiger partial charge in [-0.15, -0.1) is 0 Å². The minimum Gasteiger partial charge on any atom is -0.493 e. The number of hydrogen-bond acceptors (Lipinski definition) is 5. The molecule has 0 aliphatic carbocycles. The van der Waals surface area contributed by atoms with Gasteiger partial charge in [-0.3, -0.25) is 14.6 Å². The molecular formula is C21H20N4O4. The highest BCUT2D eigenvalue weighted by Gasteiger charge is 2.17. The second kappa shape index (κ2) is 7.97. The number of rotatable bonds is 4. The Hall–Kier alpha value is -3.94. The van der Waals surface area contributed by atoms with E-state index in [1.54, 1.807) is 44.2 Å². The molecule has 0 spiro atoms. The summed E-state index contributed by atoms with van der Waals surface area (Å²) in [6.45, 7) is 5.53. The molecule has 0 aliphatic heterocycles. The van der Waals surface area contributed by atoms with Crippen LogP contribution in [0.5, 0.6) is 5.88 Å². The summed E-state index contributed by atoms with van der Waals surface area (Å²) in [5, 5.41) is 14.4. The number of aromatic hydroxyl groups is 1. The zero-order chi connectivity index (χ0) is 21.1. The zero-order valence-corrected chi connectivity index (χ0v) is 16.2. The van der Waals surface area contributed by atoms with Crippen molar-refractivity contribution in [1.82, 2.24) is 15.0 Å². The molecule has 148 valence electrons. The van der Waals surface area contributed by atoms with Gasteiger partial charge in [0.2, 0.25) is 5.88 Å². The van der Waals surface area contributed by atoms with Crippen LogP contribution < -0.4 is 16.7 Å². The van der Waals surface area contributed by atoms with Gasteiger partial charge in [0.1, 0.15) is 5.56 Å². The van der Waals surface area contributed by atoms with E-state index < -0.39 is 23.0 Å². The second-order valence-corrected chi connectivity index (χ2v) is 6.64. The predicted molar refractivity (Wildman–Crippen MR) is 110 cm³/mol. The molecule has 0 radical (unpaired) electrons. The third-order valence-electron chi connectivity index (χ3n) is 4.38. The lowest BCUT2D eigenvalue weighted by Crippen LogP contribution is -2.32. The molecule has 3 N–H and O–H groups in total. The zero-order valence-electron chi connectivity index (χ0n) is 16.2. The number of carbonyl (C=O) groups is 1. The number of hydrazone groups is 1. The summed E-state index contributed by atoms with van der Waals surface area (Å²) in [6.07, 6.45) is 1.00. The van der Waals surface area contributed by atoms with Crippen LogP contribution in [0.1, 0.15) is 32.6 Å². The maximum Gasteiger partial charge on any atom is 0.335 e. The van der Waals surface area contributed by atoms with Gasteiger partial charge in [0.05, 0.1) is 11.9 Å². The summed E-state index contributed by atoms with van der Waals surface area (Å²) in [4.78, 5) is 38.8. The van der Waals surface area contributed by atoms with Gasteiger partial charge in [-0.1, -0.05) is 35.9 Å². The standard InChI is InChI=1S/C21H20N4O4/c1-12-9-13(2)17(14(3)10-12)25-20(28)16(19(27)23-21(25)29)11-22-24-18(26)15-7-5-4-6-8-15/h4-11,28H,1-3H3,(H,24,26)(H,23,27,29)/b22-11+. The molecule has 1 aromatic heterocycles. The quantitative estimate of drug-likeness (QED) is 0.464. The van der Waals surface area contributed by atoms with Gasteiger partial charge >= 0.3 is 5.69 Å². The summed E-state index contributed by atoms with van der Waals surface area (Å²) < 4.78 is 1.02. The number of nitrogens with one attached hydrogen (secondary N) is 2. The van der Waals surface area contributed by atoms with Gasteiger partial charge in [0.15, 0.2) is 0 Å². The minimum atomic E-state index is -0.816. The molecule has 0 saturated carbocycles. The number of hydrogen-bond donors (Lipinski definition) is 3. The molecule has 1 heterocycles. The van der Waals surface area contributed by atoms with Crippen molar-refractivity contribution in [2.75, 3.05) is 0 Å². The molecule has 0 saturated heterocycles. The molecule has 0 unspecified atom stereocenters. The number of aryl methyl sites for hydroxylation is 3. The average molecular weight is 392 g/mol. The van der Waals surface area contributed by atoms with Crippen LogP contribution in [0.25, 0.3) is 5.69 Å². The van der Waals surface area contributed by atoms with Crippen LogP contribution in [0.15, 0.2) is 57.2 Å². The molecule has 3 rings (SSSR count). The van der Waals surface area contributed by atoms with E-state index in [0.717, 1.165) is 27.5 Å². The fourth-order valence-electron chi connectivity index (χ4n) is 3.20. The Labute approximate surface area is 166 Å². The minimum absolute atomic E-state index is 0.252. The number of aromatic nitrogens is 2. The summed E-state index contributed by atoms with van der Waals surface area (Å²) in [7, 11) is 0. The first-order chi connectivity index (χ1) is 13.8. The fourth-order valence-corrected chi connectivity index (χ4v) is 3.20. The first-order valence-electron chi connectivity index (χ1n) is 8.84. The van der Waals surface area contributed by atoms with Crippen LogP contribution in [0, 0.1) is 20.8 Å². The van der Waals surface area contributed by atoms with Crippen LogP contribution in [-0.2, 0) is 0 Å². The van der Waals surface area contributed by atoms with Crippen molar-refractivity contribution < 1.29 is 9.90 Å². The molecule has 8 heteroatoms. The summed E-state index contributed by atoms with van der Waals surface area (Å²) in [5.74, 6) is -1.04. The fraction of sp³-hybridized carbons (Fsp3) is 0.143. The van der Waals surface area contributed by atoms with Crippen molar-refractivity contribution >= 4 is 12.1 Å². The third-order valence-corrected chi connectivity index (χ3v) is 4.38. The largest absolute Gasteiger partial charge is 0.493 e. The number of benzene rings is 2. The van der Waals surface area contributed by atoms with Gasteiger partial charge in [-0.05, 0) is 44.0 Å². The van der Waals surface area contributed by atoms with Crippen molar-refractivity contribution in [3.8, 4) is 11.6 Å². The Morgan fingerprint density at radius 1 is 1.10 bits per heavy atom. The molecule has 0 atom stereocenters. The van der Waals surface area contributed by atoms with Crippen molar-refractivity contribution in [3.63, 3.8) is 0 Å². The van der Waals surface area contributed by atoms with E-state index in [2.05, 4.69) is 15.5 Å². The number of carbonyl (C=O) groups excluding carboxylic acids is 1. The van der Waals surface area contributed by atoms with Crippen LogP contribution >= 0.6 is 0 Å². The highest BCUT2D eigenvalue weighted by atomic mass is 16.3. The van der Waals surface area contributed by atoms with Gasteiger partial charge in [0, 0.05) is 5.56 Å². The normalized spacial score (nSPS) is 11.0. The Morgan fingerprint density at radius 2 is 1.72 bits per heavy atom. The molecule has 3 aromatic rings. The van der Waals surface area contributed by atoms with Gasteiger partial charge in [0.25, 0.3) is 11.5 Å². The number of nitrogens with zero attached hydrogens (tertiary/aromatic N) is 2. The number of amides is 1. The molecule has 0 fully saturated rings. The second-order valence-electron chi connectivity index (χ2n) is 6.64. The first-order valence-corrected chi connectivity index (χ1v) is 8.84. The summed E-state index contributed by atoms with van der Waals surface area (Å²) in [6, 6.07) is 12.1. The lowest BCUT2D eigenvalue weighted by molar-refractivity contribution is 0.0955. The molecular weight excluding hydrogens is 372 g/mol. The lowest BCUT2D eigenvalue weighted by Gasteiger charge is -2.15. The van der Waals surface area contributed by atoms with Gasteiger partial charge in [-0.2, -0.15) is 5.10 Å². The maximum absolute atomic E-state index is 12.4. The molecule has 0 bridgehead atoms. The van der Waals surface area contributed by atoms with Crippen molar-refractivity contribution in [2.45, 2.75) is 20.8 Å². The smallest absolute Gasteiger partial charge is 0.335 e. The van der Waals surface area contributed by atoms with Crippen LogP contribution in [-0.4, -0.2) is 26.8 Å². The summed E-state index contributed by atoms with van der Waals surface area (Å²) >= 11 is 0. The van der Waals surface area contributed by atoms with E-state index in [0.29, 0.717) is 11.3 Å². The van der Waals surface area contributed by atoms with Gasteiger partial charge in [-0.25, -0.2) is 14.8 Å². The van der Waals surface area contributed by atoms with Crippen molar-refractivity contribution in [2.24, 2.45) is 5.10 Å². The predicted octanol–water partition coefficient (Wildman–Crippen LogP) is 1.92. The first kappa shape index (κ1) is 19.8. The topological polar surface area (TPSA) is 117 Å². The average Bonchev–Trinajstić information content (AvgIpc) is 2.66. The Balaban J connectivity index is 2.02. The van der Waals surface area contributed by atoms with Crippen molar-refractivity contribution in [3.05, 3.63) is 91.1 Å². The van der Waals surface area contributed by atoms with E-state index in [-0.39, 0.29) is 5.56 Å². The Kier molecular flexibility index (Phi) is 5.45. The molecule has 0 aliphatic rings. The monoisotopic (exact) mass is 392 g/mol. The van der Waals surface area contributed by atoms with Crippen LogP contribution in [0.3, 0.4) is 0 Å². The van der Waals surface area contributed by atoms with E-state index in [9.17, 15) is 19.5 Å². The van der Waals surface area contributed by atoms with E-state index >= 15 is 0 Å². The molecule has 1 amide bonds. The van der Waals surface area contributed by atoms with E-state index in [1.807, 2.05) is 19.1 Å².